The third kappa shape index (κ3) is 6.69. The molecule has 0 aromatic heterocycles. The highest BCUT2D eigenvalue weighted by Crippen LogP contribution is 2.20. The number of benzene rings is 1. The molecule has 1 amide bonds. The standard InChI is InChI=1S/C19H28FN5O3S.HI/c1-21-19(22-8-6-18(26)23-15-7-13-29(27,28)14-15)25-11-9-24(10-12-25)17-5-3-2-4-16(17)20;/h2-5,15H,6-14H2,1H3,(H,21,22)(H,23,26);1H. The molecule has 2 fully saturated rings. The largest absolute Gasteiger partial charge is 0.366 e. The number of hydrogen-bond acceptors (Lipinski definition) is 5. The molecule has 1 aromatic carbocycles. The van der Waals surface area contributed by atoms with Crippen molar-refractivity contribution in [1.82, 2.24) is 15.5 Å². The maximum atomic E-state index is 14.0. The van der Waals surface area contributed by atoms with Crippen molar-refractivity contribution in [2.75, 3.05) is 56.2 Å². The first kappa shape index (κ1) is 24.6. The molecule has 2 N–H and O–H groups in total. The molecule has 0 aliphatic carbocycles. The summed E-state index contributed by atoms with van der Waals surface area (Å²) in [7, 11) is -1.31. The Bertz CT molecular complexity index is 859. The number of aliphatic imine (C=N–C) groups is 1. The Morgan fingerprint density at radius 1 is 1.23 bits per heavy atom. The number of rotatable bonds is 5. The summed E-state index contributed by atoms with van der Waals surface area (Å²) in [5.41, 5.74) is 0.612. The number of sulfone groups is 1. The Morgan fingerprint density at radius 3 is 2.53 bits per heavy atom. The highest BCUT2D eigenvalue weighted by molar-refractivity contribution is 14.0. The highest BCUT2D eigenvalue weighted by atomic mass is 127. The monoisotopic (exact) mass is 553 g/mol. The fourth-order valence-electron chi connectivity index (χ4n) is 3.70. The summed E-state index contributed by atoms with van der Waals surface area (Å²) in [6.45, 7) is 3.16. The minimum Gasteiger partial charge on any atom is -0.366 e. The molecule has 1 atom stereocenters. The van der Waals surface area contributed by atoms with Crippen LogP contribution in [0.1, 0.15) is 12.8 Å². The smallest absolute Gasteiger partial charge is 0.222 e. The fraction of sp³-hybridized carbons (Fsp3) is 0.579. The minimum atomic E-state index is -3.00. The van der Waals surface area contributed by atoms with Gasteiger partial charge in [-0.15, -0.1) is 24.0 Å². The van der Waals surface area contributed by atoms with Crippen LogP contribution in [0.5, 0.6) is 0 Å². The number of halogens is 2. The maximum Gasteiger partial charge on any atom is 0.222 e. The van der Waals surface area contributed by atoms with Crippen LogP contribution in [-0.4, -0.2) is 82.5 Å². The number of carbonyl (C=O) groups excluding carboxylic acids is 1. The molecule has 1 aromatic rings. The van der Waals surface area contributed by atoms with Crippen LogP contribution >= 0.6 is 24.0 Å². The predicted molar refractivity (Wildman–Crippen MR) is 127 cm³/mol. The van der Waals surface area contributed by atoms with E-state index in [2.05, 4.69) is 20.5 Å². The summed E-state index contributed by atoms with van der Waals surface area (Å²) in [5, 5.41) is 5.96. The van der Waals surface area contributed by atoms with E-state index in [-0.39, 0.29) is 59.7 Å². The van der Waals surface area contributed by atoms with Gasteiger partial charge in [-0.25, -0.2) is 12.8 Å². The molecule has 0 saturated carbocycles. The van der Waals surface area contributed by atoms with Gasteiger partial charge in [0.15, 0.2) is 15.8 Å². The van der Waals surface area contributed by atoms with E-state index in [0.29, 0.717) is 50.8 Å². The quantitative estimate of drug-likeness (QED) is 0.319. The molecule has 3 rings (SSSR count). The van der Waals surface area contributed by atoms with Crippen molar-refractivity contribution < 1.29 is 17.6 Å². The van der Waals surface area contributed by atoms with Gasteiger partial charge in [-0.1, -0.05) is 12.1 Å². The van der Waals surface area contributed by atoms with Crippen LogP contribution in [0.2, 0.25) is 0 Å². The summed E-state index contributed by atoms with van der Waals surface area (Å²) in [5.74, 6) is 0.486. The van der Waals surface area contributed by atoms with Gasteiger partial charge >= 0.3 is 0 Å². The van der Waals surface area contributed by atoms with Crippen molar-refractivity contribution in [1.29, 1.82) is 0 Å². The molecular formula is C19H29FIN5O3S. The number of anilines is 1. The lowest BCUT2D eigenvalue weighted by molar-refractivity contribution is -0.121. The van der Waals surface area contributed by atoms with Crippen molar-refractivity contribution in [3.63, 3.8) is 0 Å². The number of piperazine rings is 1. The number of hydrogen-bond donors (Lipinski definition) is 2. The van der Waals surface area contributed by atoms with E-state index in [1.807, 2.05) is 11.0 Å². The number of carbonyl (C=O) groups is 1. The number of nitrogens with one attached hydrogen (secondary N) is 2. The molecule has 2 aliphatic heterocycles. The molecule has 2 aliphatic rings. The Hall–Kier alpha value is -1.63. The lowest BCUT2D eigenvalue weighted by Crippen LogP contribution is -2.53. The van der Waals surface area contributed by atoms with Gasteiger partial charge in [-0.3, -0.25) is 9.79 Å². The minimum absolute atomic E-state index is 0. The average Bonchev–Trinajstić information content (AvgIpc) is 3.04. The number of guanidine groups is 1. The summed E-state index contributed by atoms with van der Waals surface area (Å²) < 4.78 is 36.9. The van der Waals surface area contributed by atoms with Crippen LogP contribution in [0.15, 0.2) is 29.3 Å². The lowest BCUT2D eigenvalue weighted by atomic mass is 10.2. The first-order valence-corrected chi connectivity index (χ1v) is 11.6. The van der Waals surface area contributed by atoms with Crippen LogP contribution in [0, 0.1) is 5.82 Å². The van der Waals surface area contributed by atoms with Crippen molar-refractivity contribution in [3.05, 3.63) is 30.1 Å². The molecule has 2 saturated heterocycles. The summed E-state index contributed by atoms with van der Waals surface area (Å²) >= 11 is 0. The van der Waals surface area contributed by atoms with Gasteiger partial charge in [0.25, 0.3) is 0 Å². The average molecular weight is 553 g/mol. The number of nitrogens with zero attached hydrogens (tertiary/aromatic N) is 3. The van der Waals surface area contributed by atoms with Gasteiger partial charge < -0.3 is 20.4 Å². The van der Waals surface area contributed by atoms with Crippen LogP contribution in [0.3, 0.4) is 0 Å². The van der Waals surface area contributed by atoms with Crippen LogP contribution in [0.25, 0.3) is 0 Å². The SMILES string of the molecule is CN=C(NCCC(=O)NC1CCS(=O)(=O)C1)N1CCN(c2ccccc2F)CC1.I. The third-order valence-corrected chi connectivity index (χ3v) is 6.98. The second-order valence-electron chi connectivity index (χ2n) is 7.32. The van der Waals surface area contributed by atoms with Crippen LogP contribution in [-0.2, 0) is 14.6 Å². The molecule has 2 heterocycles. The first-order chi connectivity index (χ1) is 13.9. The van der Waals surface area contributed by atoms with E-state index in [0.717, 1.165) is 0 Å². The fourth-order valence-corrected chi connectivity index (χ4v) is 5.37. The van der Waals surface area contributed by atoms with Crippen molar-refractivity contribution in [3.8, 4) is 0 Å². The molecular weight excluding hydrogens is 524 g/mol. The molecule has 0 radical (unpaired) electrons. The molecule has 30 heavy (non-hydrogen) atoms. The Balaban J connectivity index is 0.00000320. The van der Waals surface area contributed by atoms with Gasteiger partial charge in [0.1, 0.15) is 5.82 Å². The van der Waals surface area contributed by atoms with Gasteiger partial charge in [0.05, 0.1) is 17.2 Å². The maximum absolute atomic E-state index is 14.0. The van der Waals surface area contributed by atoms with Gasteiger partial charge in [-0.05, 0) is 18.6 Å². The summed E-state index contributed by atoms with van der Waals surface area (Å²) in [6.07, 6.45) is 0.722. The second-order valence-corrected chi connectivity index (χ2v) is 9.55. The van der Waals surface area contributed by atoms with Gasteiger partial charge in [0, 0.05) is 52.2 Å². The number of amides is 1. The normalized spacial score (nSPS) is 21.1. The Kier molecular flexibility index (Phi) is 9.13. The number of para-hydroxylation sites is 1. The second kappa shape index (κ2) is 11.1. The lowest BCUT2D eigenvalue weighted by Gasteiger charge is -2.37. The van der Waals surface area contributed by atoms with E-state index in [4.69, 9.17) is 0 Å². The highest BCUT2D eigenvalue weighted by Gasteiger charge is 2.28. The first-order valence-electron chi connectivity index (χ1n) is 9.83. The molecule has 8 nitrogen and oxygen atoms in total. The van der Waals surface area contributed by atoms with Gasteiger partial charge in [0.2, 0.25) is 5.91 Å². The van der Waals surface area contributed by atoms with E-state index in [1.165, 1.54) is 6.07 Å². The topological polar surface area (TPSA) is 94.1 Å². The molecule has 0 spiro atoms. The van der Waals surface area contributed by atoms with Gasteiger partial charge in [-0.2, -0.15) is 0 Å². The molecule has 1 unspecified atom stereocenters. The zero-order chi connectivity index (χ0) is 20.9. The van der Waals surface area contributed by atoms with Crippen molar-refractivity contribution in [2.24, 2.45) is 4.99 Å². The Morgan fingerprint density at radius 2 is 1.93 bits per heavy atom. The van der Waals surface area contributed by atoms with E-state index in [9.17, 15) is 17.6 Å². The van der Waals surface area contributed by atoms with Crippen molar-refractivity contribution in [2.45, 2.75) is 18.9 Å². The molecule has 11 heteroatoms. The van der Waals surface area contributed by atoms with Crippen LogP contribution in [0.4, 0.5) is 10.1 Å². The summed E-state index contributed by atoms with van der Waals surface area (Å²) in [6, 6.07) is 6.48. The Labute approximate surface area is 194 Å². The van der Waals surface area contributed by atoms with Crippen LogP contribution < -0.4 is 15.5 Å². The zero-order valence-electron chi connectivity index (χ0n) is 17.0. The van der Waals surface area contributed by atoms with Crippen molar-refractivity contribution >= 4 is 51.4 Å². The molecule has 168 valence electrons. The zero-order valence-corrected chi connectivity index (χ0v) is 20.2. The predicted octanol–water partition coefficient (Wildman–Crippen LogP) is 0.835. The summed E-state index contributed by atoms with van der Waals surface area (Å²) in [4.78, 5) is 20.4. The van der Waals surface area contributed by atoms with E-state index in [1.54, 1.807) is 19.2 Å². The van der Waals surface area contributed by atoms with E-state index < -0.39 is 9.84 Å². The molecule has 0 bridgehead atoms. The third-order valence-electron chi connectivity index (χ3n) is 5.22. The van der Waals surface area contributed by atoms with E-state index >= 15 is 0 Å².